The fourth-order valence-corrected chi connectivity index (χ4v) is 1.10. The van der Waals surface area contributed by atoms with E-state index in [1.807, 2.05) is 0 Å². The summed E-state index contributed by atoms with van der Waals surface area (Å²) in [6, 6.07) is 4.80. The minimum Gasteiger partial charge on any atom is -0.509 e. The van der Waals surface area contributed by atoms with Crippen molar-refractivity contribution in [2.75, 3.05) is 0 Å². The van der Waals surface area contributed by atoms with Gasteiger partial charge in [-0.25, -0.2) is 0 Å². The van der Waals surface area contributed by atoms with Crippen LogP contribution in [0.4, 0.5) is 0 Å². The fraction of sp³-hybridized carbons (Fsp3) is 0.111. The normalized spacial score (nSPS) is 9.57. The van der Waals surface area contributed by atoms with Crippen molar-refractivity contribution in [1.29, 1.82) is 0 Å². The second-order valence-electron chi connectivity index (χ2n) is 2.70. The highest BCUT2D eigenvalue weighted by molar-refractivity contribution is 6.33. The summed E-state index contributed by atoms with van der Waals surface area (Å²) in [5.41, 5.74) is 0.623. The van der Waals surface area contributed by atoms with E-state index in [-0.39, 0.29) is 11.5 Å². The van der Waals surface area contributed by atoms with E-state index >= 15 is 0 Å². The van der Waals surface area contributed by atoms with Crippen LogP contribution < -0.4 is 4.65 Å². The van der Waals surface area contributed by atoms with Crippen molar-refractivity contribution in [1.82, 2.24) is 0 Å². The van der Waals surface area contributed by atoms with Crippen LogP contribution in [0.25, 0.3) is 0 Å². The molecular formula is C9H11BO4. The molecule has 0 saturated carbocycles. The van der Waals surface area contributed by atoms with Crippen molar-refractivity contribution in [3.8, 4) is 11.5 Å². The molecule has 3 N–H and O–H groups in total. The number of aromatic hydroxyl groups is 1. The van der Waals surface area contributed by atoms with E-state index in [4.69, 9.17) is 10.0 Å². The van der Waals surface area contributed by atoms with Gasteiger partial charge in [-0.3, -0.25) is 0 Å². The van der Waals surface area contributed by atoms with E-state index in [0.717, 1.165) is 0 Å². The van der Waals surface area contributed by atoms with Gasteiger partial charge < -0.3 is 19.8 Å². The van der Waals surface area contributed by atoms with E-state index in [9.17, 15) is 5.11 Å². The van der Waals surface area contributed by atoms with Crippen LogP contribution in [-0.4, -0.2) is 22.5 Å². The Morgan fingerprint density at radius 2 is 2.14 bits per heavy atom. The van der Waals surface area contributed by atoms with Crippen LogP contribution in [0.1, 0.15) is 5.56 Å². The van der Waals surface area contributed by atoms with E-state index in [0.29, 0.717) is 12.0 Å². The molecule has 0 aliphatic rings. The molecule has 0 heterocycles. The Morgan fingerprint density at radius 3 is 2.71 bits per heavy atom. The molecule has 0 aliphatic carbocycles. The molecule has 0 aliphatic heterocycles. The summed E-state index contributed by atoms with van der Waals surface area (Å²) in [6.07, 6.45) is 2.12. The van der Waals surface area contributed by atoms with Gasteiger partial charge in [-0.15, -0.1) is 6.58 Å². The minimum atomic E-state index is -1.93. The molecule has 0 bridgehead atoms. The quantitative estimate of drug-likeness (QED) is 0.481. The molecule has 0 atom stereocenters. The Hall–Kier alpha value is -1.46. The van der Waals surface area contributed by atoms with Crippen molar-refractivity contribution >= 4 is 7.32 Å². The van der Waals surface area contributed by atoms with Gasteiger partial charge in [0.1, 0.15) is 5.75 Å². The molecule has 0 radical (unpaired) electrons. The SMILES string of the molecule is C=CCc1cccc(OB(O)O)c1O. The third-order valence-corrected chi connectivity index (χ3v) is 1.68. The van der Waals surface area contributed by atoms with Crippen LogP contribution in [0.15, 0.2) is 30.9 Å². The molecule has 74 valence electrons. The lowest BCUT2D eigenvalue weighted by Crippen LogP contribution is -2.20. The van der Waals surface area contributed by atoms with Crippen LogP contribution in [0.5, 0.6) is 11.5 Å². The second kappa shape index (κ2) is 4.69. The Bertz CT molecular complexity index is 325. The highest BCUT2D eigenvalue weighted by Gasteiger charge is 2.15. The van der Waals surface area contributed by atoms with Crippen LogP contribution in [0.3, 0.4) is 0 Å². The molecule has 0 amide bonds. The standard InChI is InChI=1S/C9H11BO4/c1-2-4-7-5-3-6-8(9(7)11)14-10(12)13/h2-3,5-6,11-13H,1,4H2. The molecular weight excluding hydrogens is 183 g/mol. The molecule has 0 spiro atoms. The number of allylic oxidation sites excluding steroid dienone is 1. The van der Waals surface area contributed by atoms with Gasteiger partial charge >= 0.3 is 7.32 Å². The summed E-state index contributed by atoms with van der Waals surface area (Å²) in [4.78, 5) is 0. The summed E-state index contributed by atoms with van der Waals surface area (Å²) in [5, 5.41) is 26.7. The summed E-state index contributed by atoms with van der Waals surface area (Å²) in [6.45, 7) is 3.54. The van der Waals surface area contributed by atoms with Gasteiger partial charge in [0.25, 0.3) is 0 Å². The molecule has 0 saturated heterocycles. The van der Waals surface area contributed by atoms with Crippen LogP contribution in [0.2, 0.25) is 0 Å². The van der Waals surface area contributed by atoms with Gasteiger partial charge in [0.15, 0.2) is 5.75 Å². The molecule has 14 heavy (non-hydrogen) atoms. The molecule has 0 aromatic heterocycles. The lowest BCUT2D eigenvalue weighted by Gasteiger charge is -2.09. The predicted molar refractivity (Wildman–Crippen MR) is 52.8 cm³/mol. The van der Waals surface area contributed by atoms with E-state index in [1.54, 1.807) is 18.2 Å². The fourth-order valence-electron chi connectivity index (χ4n) is 1.10. The molecule has 4 nitrogen and oxygen atoms in total. The largest absolute Gasteiger partial charge is 0.707 e. The van der Waals surface area contributed by atoms with Crippen molar-refractivity contribution in [2.24, 2.45) is 0 Å². The van der Waals surface area contributed by atoms with Crippen LogP contribution in [-0.2, 0) is 6.42 Å². The number of benzene rings is 1. The van der Waals surface area contributed by atoms with Gasteiger partial charge in [0.05, 0.1) is 0 Å². The average Bonchev–Trinajstić information content (AvgIpc) is 2.11. The zero-order valence-corrected chi connectivity index (χ0v) is 7.55. The lowest BCUT2D eigenvalue weighted by molar-refractivity contribution is 0.281. The first kappa shape index (κ1) is 10.6. The first-order valence-corrected chi connectivity index (χ1v) is 4.09. The average molecular weight is 194 g/mol. The Kier molecular flexibility index (Phi) is 3.56. The first-order valence-electron chi connectivity index (χ1n) is 4.09. The first-order chi connectivity index (χ1) is 6.65. The minimum absolute atomic E-state index is 0.0411. The maximum Gasteiger partial charge on any atom is 0.707 e. The summed E-state index contributed by atoms with van der Waals surface area (Å²) < 4.78 is 4.56. The van der Waals surface area contributed by atoms with E-state index in [1.165, 1.54) is 6.07 Å². The summed E-state index contributed by atoms with van der Waals surface area (Å²) >= 11 is 0. The molecule has 1 aromatic carbocycles. The highest BCUT2D eigenvalue weighted by Crippen LogP contribution is 2.30. The van der Waals surface area contributed by atoms with E-state index < -0.39 is 7.32 Å². The summed E-state index contributed by atoms with van der Waals surface area (Å²) in [7, 11) is -1.93. The number of phenols is 1. The Morgan fingerprint density at radius 1 is 1.43 bits per heavy atom. The van der Waals surface area contributed by atoms with Gasteiger partial charge in [-0.2, -0.15) is 0 Å². The monoisotopic (exact) mass is 194 g/mol. The van der Waals surface area contributed by atoms with Gasteiger partial charge in [0, 0.05) is 5.56 Å². The number of para-hydroxylation sites is 1. The van der Waals surface area contributed by atoms with Crippen molar-refractivity contribution in [3.63, 3.8) is 0 Å². The molecule has 5 heteroatoms. The third-order valence-electron chi connectivity index (χ3n) is 1.68. The summed E-state index contributed by atoms with van der Waals surface area (Å²) in [5.74, 6) is -0.0557. The third kappa shape index (κ3) is 2.51. The van der Waals surface area contributed by atoms with Gasteiger partial charge in [-0.1, -0.05) is 18.2 Å². The van der Waals surface area contributed by atoms with Crippen molar-refractivity contribution < 1.29 is 19.8 Å². The number of hydrogen-bond donors (Lipinski definition) is 3. The maximum atomic E-state index is 9.57. The Labute approximate surface area is 82.3 Å². The van der Waals surface area contributed by atoms with Gasteiger partial charge in [-0.05, 0) is 12.5 Å². The van der Waals surface area contributed by atoms with E-state index in [2.05, 4.69) is 11.2 Å². The number of rotatable bonds is 4. The highest BCUT2D eigenvalue weighted by atomic mass is 16.6. The lowest BCUT2D eigenvalue weighted by atomic mass is 10.1. The topological polar surface area (TPSA) is 69.9 Å². The predicted octanol–water partition coefficient (Wildman–Crippen LogP) is 0.469. The van der Waals surface area contributed by atoms with Crippen molar-refractivity contribution in [2.45, 2.75) is 6.42 Å². The Balaban J connectivity index is 2.94. The molecule has 0 unspecified atom stereocenters. The van der Waals surface area contributed by atoms with Crippen molar-refractivity contribution in [3.05, 3.63) is 36.4 Å². The zero-order valence-electron chi connectivity index (χ0n) is 7.55. The molecule has 1 aromatic rings. The van der Waals surface area contributed by atoms with Crippen LogP contribution >= 0.6 is 0 Å². The molecule has 1 rings (SSSR count). The van der Waals surface area contributed by atoms with Gasteiger partial charge in [0.2, 0.25) is 0 Å². The zero-order chi connectivity index (χ0) is 10.6. The molecule has 0 fully saturated rings. The second-order valence-corrected chi connectivity index (χ2v) is 2.70. The smallest absolute Gasteiger partial charge is 0.509 e. The van der Waals surface area contributed by atoms with Crippen LogP contribution in [0, 0.1) is 0 Å². The number of phenolic OH excluding ortho intramolecular Hbond substituents is 1. The number of hydrogen-bond acceptors (Lipinski definition) is 4. The maximum absolute atomic E-state index is 9.57.